The molecule has 0 spiro atoms. The van der Waals surface area contributed by atoms with Crippen molar-refractivity contribution in [2.45, 2.75) is 26.3 Å². The van der Waals surface area contributed by atoms with Crippen molar-refractivity contribution < 1.29 is 0 Å². The average molecular weight is 204 g/mol. The molecule has 2 atom stereocenters. The molecular formula is C13H20N2. The summed E-state index contributed by atoms with van der Waals surface area (Å²) < 4.78 is 0. The van der Waals surface area contributed by atoms with Crippen LogP contribution in [0.25, 0.3) is 0 Å². The van der Waals surface area contributed by atoms with E-state index in [4.69, 9.17) is 5.73 Å². The van der Waals surface area contributed by atoms with Crippen molar-refractivity contribution in [1.82, 2.24) is 0 Å². The second-order valence-electron chi connectivity index (χ2n) is 4.84. The molecule has 1 saturated heterocycles. The Morgan fingerprint density at radius 3 is 2.47 bits per heavy atom. The maximum absolute atomic E-state index is 6.04. The van der Waals surface area contributed by atoms with Crippen molar-refractivity contribution in [3.63, 3.8) is 0 Å². The van der Waals surface area contributed by atoms with Crippen molar-refractivity contribution in [2.24, 2.45) is 11.7 Å². The summed E-state index contributed by atoms with van der Waals surface area (Å²) in [5.41, 5.74) is 8.66. The third kappa shape index (κ3) is 2.51. The van der Waals surface area contributed by atoms with Crippen molar-refractivity contribution in [1.29, 1.82) is 0 Å². The van der Waals surface area contributed by atoms with Gasteiger partial charge in [0.1, 0.15) is 0 Å². The Kier molecular flexibility index (Phi) is 2.96. The van der Waals surface area contributed by atoms with Crippen molar-refractivity contribution >= 4 is 5.69 Å². The van der Waals surface area contributed by atoms with Crippen LogP contribution in [0.1, 0.15) is 18.9 Å². The van der Waals surface area contributed by atoms with Gasteiger partial charge in [0.2, 0.25) is 0 Å². The number of nitrogens with zero attached hydrogens (tertiary/aromatic N) is 1. The number of nitrogens with two attached hydrogens (primary N) is 1. The highest BCUT2D eigenvalue weighted by atomic mass is 15.2. The monoisotopic (exact) mass is 204 g/mol. The number of benzene rings is 1. The Morgan fingerprint density at radius 1 is 1.20 bits per heavy atom. The van der Waals surface area contributed by atoms with Crippen LogP contribution in [-0.2, 0) is 0 Å². The van der Waals surface area contributed by atoms with Crippen molar-refractivity contribution in [3.8, 4) is 0 Å². The third-order valence-corrected chi connectivity index (χ3v) is 3.09. The predicted molar refractivity (Wildman–Crippen MR) is 65.1 cm³/mol. The highest BCUT2D eigenvalue weighted by Gasteiger charge is 2.21. The van der Waals surface area contributed by atoms with Crippen molar-refractivity contribution in [2.75, 3.05) is 18.0 Å². The van der Waals surface area contributed by atoms with Crippen LogP contribution < -0.4 is 10.6 Å². The first-order valence-electron chi connectivity index (χ1n) is 5.72. The summed E-state index contributed by atoms with van der Waals surface area (Å²) >= 11 is 0. The minimum Gasteiger partial charge on any atom is -0.370 e. The van der Waals surface area contributed by atoms with E-state index in [0.717, 1.165) is 19.5 Å². The average Bonchev–Trinajstić information content (AvgIpc) is 2.17. The molecule has 1 heterocycles. The van der Waals surface area contributed by atoms with Gasteiger partial charge in [0.05, 0.1) is 0 Å². The van der Waals surface area contributed by atoms with E-state index in [2.05, 4.69) is 43.0 Å². The van der Waals surface area contributed by atoms with Gasteiger partial charge in [0.15, 0.2) is 0 Å². The number of aryl methyl sites for hydroxylation is 1. The lowest BCUT2D eigenvalue weighted by molar-refractivity contribution is 0.401. The van der Waals surface area contributed by atoms with Crippen LogP contribution in [-0.4, -0.2) is 19.1 Å². The fourth-order valence-corrected chi connectivity index (χ4v) is 2.37. The Bertz CT molecular complexity index is 308. The molecule has 2 nitrogen and oxygen atoms in total. The highest BCUT2D eigenvalue weighted by molar-refractivity contribution is 5.48. The Labute approximate surface area is 92.1 Å². The Hall–Kier alpha value is -1.02. The summed E-state index contributed by atoms with van der Waals surface area (Å²) in [6.07, 6.45) is 1.16. The van der Waals surface area contributed by atoms with Crippen LogP contribution in [0.4, 0.5) is 5.69 Å². The molecule has 0 aromatic heterocycles. The molecule has 15 heavy (non-hydrogen) atoms. The lowest BCUT2D eigenvalue weighted by Gasteiger charge is -2.36. The maximum Gasteiger partial charge on any atom is 0.0367 e. The molecular weight excluding hydrogens is 184 g/mol. The third-order valence-electron chi connectivity index (χ3n) is 3.09. The molecule has 1 aliphatic heterocycles. The molecule has 0 aliphatic carbocycles. The molecule has 1 aliphatic rings. The topological polar surface area (TPSA) is 29.3 Å². The second-order valence-corrected chi connectivity index (χ2v) is 4.84. The van der Waals surface area contributed by atoms with Crippen LogP contribution in [0, 0.1) is 12.8 Å². The van der Waals surface area contributed by atoms with Gasteiger partial charge in [-0.3, -0.25) is 0 Å². The SMILES string of the molecule is Cc1ccc(N2CC(C)CC(N)C2)cc1. The summed E-state index contributed by atoms with van der Waals surface area (Å²) in [5, 5.41) is 0. The molecule has 2 N–H and O–H groups in total. The number of anilines is 1. The zero-order valence-electron chi connectivity index (χ0n) is 9.61. The Morgan fingerprint density at radius 2 is 1.87 bits per heavy atom. The van der Waals surface area contributed by atoms with E-state index in [1.165, 1.54) is 11.3 Å². The number of piperidine rings is 1. The Balaban J connectivity index is 2.12. The molecule has 1 aromatic rings. The minimum absolute atomic E-state index is 0.329. The summed E-state index contributed by atoms with van der Waals surface area (Å²) in [4.78, 5) is 2.40. The molecule has 0 saturated carbocycles. The minimum atomic E-state index is 0.329. The zero-order chi connectivity index (χ0) is 10.8. The van der Waals surface area contributed by atoms with Gasteiger partial charge in [-0.05, 0) is 31.4 Å². The van der Waals surface area contributed by atoms with Crippen molar-refractivity contribution in [3.05, 3.63) is 29.8 Å². The van der Waals surface area contributed by atoms with Gasteiger partial charge in [0.25, 0.3) is 0 Å². The largest absolute Gasteiger partial charge is 0.370 e. The van der Waals surface area contributed by atoms with Gasteiger partial charge < -0.3 is 10.6 Å². The van der Waals surface area contributed by atoms with Crippen LogP contribution >= 0.6 is 0 Å². The molecule has 2 rings (SSSR count). The highest BCUT2D eigenvalue weighted by Crippen LogP contribution is 2.22. The van der Waals surface area contributed by atoms with E-state index in [9.17, 15) is 0 Å². The van der Waals surface area contributed by atoms with E-state index in [1.807, 2.05) is 0 Å². The van der Waals surface area contributed by atoms with E-state index in [-0.39, 0.29) is 0 Å². The fraction of sp³-hybridized carbons (Fsp3) is 0.538. The first-order valence-corrected chi connectivity index (χ1v) is 5.72. The predicted octanol–water partition coefficient (Wildman–Crippen LogP) is 2.17. The van der Waals surface area contributed by atoms with Gasteiger partial charge in [-0.1, -0.05) is 24.6 Å². The lowest BCUT2D eigenvalue weighted by Crippen LogP contribution is -2.46. The lowest BCUT2D eigenvalue weighted by atomic mass is 9.96. The van der Waals surface area contributed by atoms with E-state index < -0.39 is 0 Å². The number of hydrogen-bond donors (Lipinski definition) is 1. The van der Waals surface area contributed by atoms with Crippen LogP contribution in [0.5, 0.6) is 0 Å². The van der Waals surface area contributed by atoms with Crippen LogP contribution in [0.3, 0.4) is 0 Å². The van der Waals surface area contributed by atoms with Gasteiger partial charge >= 0.3 is 0 Å². The number of hydrogen-bond acceptors (Lipinski definition) is 2. The molecule has 0 radical (unpaired) electrons. The summed E-state index contributed by atoms with van der Waals surface area (Å²) in [6, 6.07) is 9.05. The molecule has 1 aromatic carbocycles. The van der Waals surface area contributed by atoms with Gasteiger partial charge in [-0.15, -0.1) is 0 Å². The molecule has 1 fully saturated rings. The fourth-order valence-electron chi connectivity index (χ4n) is 2.37. The first-order chi connectivity index (χ1) is 7.15. The second kappa shape index (κ2) is 4.23. The summed E-state index contributed by atoms with van der Waals surface area (Å²) in [6.45, 7) is 6.53. The van der Waals surface area contributed by atoms with E-state index in [1.54, 1.807) is 0 Å². The molecule has 0 bridgehead atoms. The summed E-state index contributed by atoms with van der Waals surface area (Å²) in [5.74, 6) is 0.704. The quantitative estimate of drug-likeness (QED) is 0.759. The van der Waals surface area contributed by atoms with Gasteiger partial charge in [-0.2, -0.15) is 0 Å². The van der Waals surface area contributed by atoms with E-state index >= 15 is 0 Å². The van der Waals surface area contributed by atoms with Gasteiger partial charge in [0, 0.05) is 24.8 Å². The van der Waals surface area contributed by atoms with E-state index in [0.29, 0.717) is 12.0 Å². The molecule has 2 unspecified atom stereocenters. The smallest absolute Gasteiger partial charge is 0.0367 e. The van der Waals surface area contributed by atoms with Crippen LogP contribution in [0.15, 0.2) is 24.3 Å². The summed E-state index contributed by atoms with van der Waals surface area (Å²) in [7, 11) is 0. The standard InChI is InChI=1S/C13H20N2/c1-10-3-5-13(6-4-10)15-8-11(2)7-12(14)9-15/h3-6,11-12H,7-9,14H2,1-2H3. The maximum atomic E-state index is 6.04. The molecule has 0 amide bonds. The molecule has 82 valence electrons. The molecule has 2 heteroatoms. The van der Waals surface area contributed by atoms with Crippen LogP contribution in [0.2, 0.25) is 0 Å². The van der Waals surface area contributed by atoms with Gasteiger partial charge in [-0.25, -0.2) is 0 Å². The first kappa shape index (κ1) is 10.5. The number of rotatable bonds is 1. The zero-order valence-corrected chi connectivity index (χ0v) is 9.61. The normalized spacial score (nSPS) is 26.7.